The van der Waals surface area contributed by atoms with Crippen molar-refractivity contribution in [1.29, 1.82) is 0 Å². The van der Waals surface area contributed by atoms with E-state index in [2.05, 4.69) is 20.0 Å². The minimum Gasteiger partial charge on any atom is -0.474 e. The lowest BCUT2D eigenvalue weighted by atomic mass is 9.94. The van der Waals surface area contributed by atoms with Gasteiger partial charge in [0.05, 0.1) is 25.5 Å². The number of morpholine rings is 1. The number of aromatic nitrogens is 2. The largest absolute Gasteiger partial charge is 0.474 e. The van der Waals surface area contributed by atoms with E-state index in [9.17, 15) is 9.18 Å². The molecule has 0 bridgehead atoms. The van der Waals surface area contributed by atoms with Crippen LogP contribution in [0.1, 0.15) is 30.9 Å². The zero-order chi connectivity index (χ0) is 24.0. The number of anilines is 1. The summed E-state index contributed by atoms with van der Waals surface area (Å²) < 4.78 is 25.2. The van der Waals surface area contributed by atoms with Crippen molar-refractivity contribution in [2.24, 2.45) is 11.0 Å². The van der Waals surface area contributed by atoms with Gasteiger partial charge in [-0.15, -0.1) is 0 Å². The maximum Gasteiger partial charge on any atom is 0.255 e. The van der Waals surface area contributed by atoms with Gasteiger partial charge in [0.25, 0.3) is 5.88 Å². The molecule has 10 heteroatoms. The van der Waals surface area contributed by atoms with E-state index in [-0.39, 0.29) is 23.7 Å². The van der Waals surface area contributed by atoms with Crippen molar-refractivity contribution in [3.8, 4) is 5.88 Å². The summed E-state index contributed by atoms with van der Waals surface area (Å²) in [7, 11) is 0. The predicted molar refractivity (Wildman–Crippen MR) is 129 cm³/mol. The second-order valence-electron chi connectivity index (χ2n) is 9.03. The van der Waals surface area contributed by atoms with Gasteiger partial charge in [-0.05, 0) is 18.4 Å². The molecule has 0 N–H and O–H groups in total. The third kappa shape index (κ3) is 5.59. The lowest BCUT2D eigenvalue weighted by Crippen LogP contribution is -2.41. The average Bonchev–Trinajstić information content (AvgIpc) is 3.41. The average molecular weight is 483 g/mol. The van der Waals surface area contributed by atoms with Crippen LogP contribution in [0.5, 0.6) is 5.88 Å². The molecule has 3 aliphatic heterocycles. The van der Waals surface area contributed by atoms with Crippen LogP contribution >= 0.6 is 0 Å². The van der Waals surface area contributed by atoms with Crippen LogP contribution < -0.4 is 9.64 Å². The number of carbonyl (C=O) groups is 1. The van der Waals surface area contributed by atoms with Crippen LogP contribution in [-0.4, -0.2) is 84.5 Å². The predicted octanol–water partition coefficient (Wildman–Crippen LogP) is 2.50. The molecular weight excluding hydrogens is 451 g/mol. The number of rotatable bonds is 7. The molecule has 0 unspecified atom stereocenters. The first kappa shape index (κ1) is 23.6. The van der Waals surface area contributed by atoms with E-state index in [4.69, 9.17) is 9.47 Å². The van der Waals surface area contributed by atoms with Crippen molar-refractivity contribution in [2.45, 2.75) is 25.3 Å². The Bertz CT molecular complexity index is 1030. The fourth-order valence-electron chi connectivity index (χ4n) is 4.78. The molecule has 186 valence electrons. The van der Waals surface area contributed by atoms with Gasteiger partial charge in [-0.25, -0.2) is 9.99 Å². The highest BCUT2D eigenvalue weighted by Crippen LogP contribution is 2.32. The quantitative estimate of drug-likeness (QED) is 0.600. The number of hydrogen-bond acceptors (Lipinski definition) is 8. The molecule has 2 saturated heterocycles. The molecule has 35 heavy (non-hydrogen) atoms. The molecule has 0 radical (unpaired) electrons. The van der Waals surface area contributed by atoms with E-state index < -0.39 is 5.82 Å². The summed E-state index contributed by atoms with van der Waals surface area (Å²) >= 11 is 0. The molecule has 1 aromatic carbocycles. The van der Waals surface area contributed by atoms with Gasteiger partial charge in [0.2, 0.25) is 17.7 Å². The van der Waals surface area contributed by atoms with Crippen molar-refractivity contribution >= 4 is 18.1 Å². The molecule has 0 spiro atoms. The summed E-state index contributed by atoms with van der Waals surface area (Å²) in [6.45, 7) is 5.39. The summed E-state index contributed by atoms with van der Waals surface area (Å²) in [4.78, 5) is 26.0. The third-order valence-electron chi connectivity index (χ3n) is 6.82. The van der Waals surface area contributed by atoms with Gasteiger partial charge in [-0.3, -0.25) is 9.69 Å². The molecule has 9 nitrogen and oxygen atoms in total. The molecule has 1 atom stereocenters. The Morgan fingerprint density at radius 1 is 1.11 bits per heavy atom. The van der Waals surface area contributed by atoms with E-state index in [0.717, 1.165) is 31.3 Å². The van der Waals surface area contributed by atoms with Crippen LogP contribution in [0.15, 0.2) is 41.6 Å². The molecule has 1 amide bonds. The third-order valence-corrected chi connectivity index (χ3v) is 6.82. The molecule has 3 aliphatic rings. The number of hydrazone groups is 1. The Morgan fingerprint density at radius 3 is 2.66 bits per heavy atom. The van der Waals surface area contributed by atoms with Gasteiger partial charge in [-0.1, -0.05) is 30.3 Å². The highest BCUT2D eigenvalue weighted by Gasteiger charge is 2.35. The molecule has 0 aliphatic carbocycles. The number of amides is 1. The van der Waals surface area contributed by atoms with E-state index >= 15 is 0 Å². The van der Waals surface area contributed by atoms with E-state index in [0.29, 0.717) is 58.2 Å². The van der Waals surface area contributed by atoms with Gasteiger partial charge in [0.15, 0.2) is 0 Å². The number of carbonyl (C=O) groups excluding carboxylic acids is 1. The van der Waals surface area contributed by atoms with Gasteiger partial charge in [0, 0.05) is 51.3 Å². The van der Waals surface area contributed by atoms with Crippen LogP contribution in [0, 0.1) is 11.7 Å². The SMILES string of the molecule is O=C(C1CCN(c2ncc(F)c(OCCN3CCOCC3)n2)CC1)N1N=CC[C@H]1c1ccccc1. The minimum absolute atomic E-state index is 0.0291. The Hall–Kier alpha value is -3.11. The smallest absolute Gasteiger partial charge is 0.255 e. The maximum atomic E-state index is 14.3. The molecular formula is C25H31FN6O3. The standard InChI is InChI=1S/C25H31FN6O3/c26-21-18-27-25(29-23(21)35-17-14-30-12-15-34-16-13-30)31-10-7-20(8-11-31)24(33)32-22(6-9-28-32)19-4-2-1-3-5-19/h1-5,9,18,20,22H,6-8,10-17H2/t22-/m0/s1. The van der Waals surface area contributed by atoms with Gasteiger partial charge >= 0.3 is 0 Å². The summed E-state index contributed by atoms with van der Waals surface area (Å²) in [5, 5.41) is 6.02. The van der Waals surface area contributed by atoms with E-state index in [1.54, 1.807) is 5.01 Å². The Balaban J connectivity index is 1.15. The molecule has 0 saturated carbocycles. The number of nitrogens with zero attached hydrogens (tertiary/aromatic N) is 6. The Morgan fingerprint density at radius 2 is 1.89 bits per heavy atom. The number of benzene rings is 1. The number of piperidine rings is 1. The van der Waals surface area contributed by atoms with Gasteiger partial charge in [-0.2, -0.15) is 14.5 Å². The van der Waals surface area contributed by atoms with Crippen molar-refractivity contribution in [1.82, 2.24) is 19.9 Å². The summed E-state index contributed by atoms with van der Waals surface area (Å²) in [6, 6.07) is 9.97. The second-order valence-corrected chi connectivity index (χ2v) is 9.03. The second kappa shape index (κ2) is 11.1. The fourth-order valence-corrected chi connectivity index (χ4v) is 4.78. The number of hydrogen-bond donors (Lipinski definition) is 0. The highest BCUT2D eigenvalue weighted by molar-refractivity contribution is 5.82. The number of ether oxygens (including phenoxy) is 2. The fraction of sp³-hybridized carbons (Fsp3) is 0.520. The summed E-state index contributed by atoms with van der Waals surface area (Å²) in [5.41, 5.74) is 1.09. The molecule has 2 aromatic rings. The first-order valence-corrected chi connectivity index (χ1v) is 12.3. The van der Waals surface area contributed by atoms with Crippen LogP contribution in [0.3, 0.4) is 0 Å². The van der Waals surface area contributed by atoms with Crippen LogP contribution in [0.2, 0.25) is 0 Å². The normalized spacial score (nSPS) is 21.5. The highest BCUT2D eigenvalue weighted by atomic mass is 19.1. The Kier molecular flexibility index (Phi) is 7.48. The lowest BCUT2D eigenvalue weighted by molar-refractivity contribution is -0.138. The summed E-state index contributed by atoms with van der Waals surface area (Å²) in [5.74, 6) is -0.227. The van der Waals surface area contributed by atoms with E-state index in [1.807, 2.05) is 41.4 Å². The first-order valence-electron chi connectivity index (χ1n) is 12.3. The monoisotopic (exact) mass is 482 g/mol. The molecule has 5 rings (SSSR count). The van der Waals surface area contributed by atoms with Crippen LogP contribution in [0.25, 0.3) is 0 Å². The Labute approximate surface area is 204 Å². The van der Waals surface area contributed by atoms with Crippen LogP contribution in [-0.2, 0) is 9.53 Å². The van der Waals surface area contributed by atoms with Crippen molar-refractivity contribution < 1.29 is 18.7 Å². The van der Waals surface area contributed by atoms with Gasteiger partial charge < -0.3 is 14.4 Å². The van der Waals surface area contributed by atoms with Crippen molar-refractivity contribution in [2.75, 3.05) is 57.4 Å². The van der Waals surface area contributed by atoms with Crippen LogP contribution in [0.4, 0.5) is 10.3 Å². The lowest BCUT2D eigenvalue weighted by Gasteiger charge is -2.33. The summed E-state index contributed by atoms with van der Waals surface area (Å²) in [6.07, 6.45) is 5.04. The molecule has 1 aromatic heterocycles. The van der Waals surface area contributed by atoms with Crippen molar-refractivity contribution in [3.63, 3.8) is 0 Å². The first-order chi connectivity index (χ1) is 17.2. The van der Waals surface area contributed by atoms with E-state index in [1.165, 1.54) is 0 Å². The minimum atomic E-state index is -0.570. The topological polar surface area (TPSA) is 83.4 Å². The van der Waals surface area contributed by atoms with Crippen molar-refractivity contribution in [3.05, 3.63) is 47.9 Å². The van der Waals surface area contributed by atoms with Gasteiger partial charge in [0.1, 0.15) is 6.61 Å². The maximum absolute atomic E-state index is 14.3. The molecule has 2 fully saturated rings. The number of halogens is 1. The molecule has 4 heterocycles. The zero-order valence-electron chi connectivity index (χ0n) is 19.8. The zero-order valence-corrected chi connectivity index (χ0v) is 19.8.